The Labute approximate surface area is 123 Å². The third-order valence-electron chi connectivity index (χ3n) is 4.27. The maximum atomic E-state index is 5.64. The second kappa shape index (κ2) is 7.65. The average molecular weight is 276 g/mol. The molecule has 0 amide bonds. The van der Waals surface area contributed by atoms with Gasteiger partial charge >= 0.3 is 0 Å². The highest BCUT2D eigenvalue weighted by Gasteiger charge is 2.26. The first-order valence-electron chi connectivity index (χ1n) is 7.82. The minimum atomic E-state index is 0.348. The van der Waals surface area contributed by atoms with Gasteiger partial charge in [-0.25, -0.2) is 0 Å². The summed E-state index contributed by atoms with van der Waals surface area (Å²) in [7, 11) is 1.83. The fourth-order valence-electron chi connectivity index (χ4n) is 2.93. The number of nitrogens with zero attached hydrogens (tertiary/aromatic N) is 1. The van der Waals surface area contributed by atoms with Crippen LogP contribution in [0.2, 0.25) is 0 Å². The van der Waals surface area contributed by atoms with Crippen LogP contribution < -0.4 is 10.2 Å². The second-order valence-corrected chi connectivity index (χ2v) is 5.79. The van der Waals surface area contributed by atoms with Crippen molar-refractivity contribution in [2.75, 3.05) is 31.6 Å². The molecule has 1 heterocycles. The van der Waals surface area contributed by atoms with Crippen LogP contribution in [0.4, 0.5) is 5.69 Å². The lowest BCUT2D eigenvalue weighted by Crippen LogP contribution is -2.44. The second-order valence-electron chi connectivity index (χ2n) is 5.79. The summed E-state index contributed by atoms with van der Waals surface area (Å²) in [5.41, 5.74) is 2.76. The molecule has 2 unspecified atom stereocenters. The van der Waals surface area contributed by atoms with E-state index in [1.165, 1.54) is 24.1 Å². The van der Waals surface area contributed by atoms with E-state index < -0.39 is 0 Å². The highest BCUT2D eigenvalue weighted by molar-refractivity contribution is 5.54. The number of piperidine rings is 1. The van der Waals surface area contributed by atoms with E-state index in [0.717, 1.165) is 26.2 Å². The monoisotopic (exact) mass is 276 g/mol. The standard InChI is InChI=1S/C17H28N2O/c1-4-10-18-12-15-7-5-6-8-16(15)19-11-9-14(2)17(13-19)20-3/h5-8,14,17-18H,4,9-13H2,1-3H3. The van der Waals surface area contributed by atoms with Gasteiger partial charge in [-0.3, -0.25) is 0 Å². The zero-order valence-corrected chi connectivity index (χ0v) is 13.1. The van der Waals surface area contributed by atoms with Crippen molar-refractivity contribution in [3.8, 4) is 0 Å². The molecule has 0 saturated carbocycles. The lowest BCUT2D eigenvalue weighted by molar-refractivity contribution is 0.0498. The van der Waals surface area contributed by atoms with E-state index in [-0.39, 0.29) is 0 Å². The predicted octanol–water partition coefficient (Wildman–Crippen LogP) is 3.05. The number of ether oxygens (including phenoxy) is 1. The first kappa shape index (κ1) is 15.3. The Morgan fingerprint density at radius 3 is 2.90 bits per heavy atom. The smallest absolute Gasteiger partial charge is 0.0772 e. The van der Waals surface area contributed by atoms with Crippen molar-refractivity contribution in [2.45, 2.75) is 39.3 Å². The lowest BCUT2D eigenvalue weighted by Gasteiger charge is -2.38. The van der Waals surface area contributed by atoms with Crippen molar-refractivity contribution >= 4 is 5.69 Å². The SMILES string of the molecule is CCCNCc1ccccc1N1CCC(C)C(OC)C1. The lowest BCUT2D eigenvalue weighted by atomic mass is 9.95. The molecule has 3 heteroatoms. The summed E-state index contributed by atoms with van der Waals surface area (Å²) in [6.45, 7) is 8.66. The Balaban J connectivity index is 2.07. The molecule has 0 aromatic heterocycles. The van der Waals surface area contributed by atoms with Crippen LogP contribution in [0.3, 0.4) is 0 Å². The van der Waals surface area contributed by atoms with Gasteiger partial charge in [0.25, 0.3) is 0 Å². The summed E-state index contributed by atoms with van der Waals surface area (Å²) in [5, 5.41) is 3.51. The zero-order chi connectivity index (χ0) is 14.4. The Bertz CT molecular complexity index is 408. The Kier molecular flexibility index (Phi) is 5.86. The van der Waals surface area contributed by atoms with E-state index in [4.69, 9.17) is 4.74 Å². The van der Waals surface area contributed by atoms with E-state index in [2.05, 4.69) is 48.3 Å². The minimum Gasteiger partial charge on any atom is -0.379 e. The average Bonchev–Trinajstić information content (AvgIpc) is 2.49. The molecule has 0 spiro atoms. The number of hydrogen-bond acceptors (Lipinski definition) is 3. The van der Waals surface area contributed by atoms with Gasteiger partial charge in [-0.2, -0.15) is 0 Å². The molecule has 20 heavy (non-hydrogen) atoms. The normalized spacial score (nSPS) is 23.1. The Hall–Kier alpha value is -1.06. The van der Waals surface area contributed by atoms with Gasteiger partial charge in [0.1, 0.15) is 0 Å². The summed E-state index contributed by atoms with van der Waals surface area (Å²) in [6, 6.07) is 8.74. The van der Waals surface area contributed by atoms with Crippen LogP contribution in [0.1, 0.15) is 32.3 Å². The third-order valence-corrected chi connectivity index (χ3v) is 4.27. The van der Waals surface area contributed by atoms with E-state index in [9.17, 15) is 0 Å². The van der Waals surface area contributed by atoms with E-state index in [1.807, 2.05) is 7.11 Å². The van der Waals surface area contributed by atoms with Crippen LogP contribution >= 0.6 is 0 Å². The predicted molar refractivity (Wildman–Crippen MR) is 85.2 cm³/mol. The molecule has 1 aromatic carbocycles. The third kappa shape index (κ3) is 3.74. The van der Waals surface area contributed by atoms with Crippen LogP contribution in [0.15, 0.2) is 24.3 Å². The number of hydrogen-bond donors (Lipinski definition) is 1. The quantitative estimate of drug-likeness (QED) is 0.808. The maximum absolute atomic E-state index is 5.64. The molecule has 0 radical (unpaired) electrons. The Morgan fingerprint density at radius 2 is 2.15 bits per heavy atom. The molecule has 0 bridgehead atoms. The highest BCUT2D eigenvalue weighted by Crippen LogP contribution is 2.27. The van der Waals surface area contributed by atoms with Crippen molar-refractivity contribution in [1.29, 1.82) is 0 Å². The van der Waals surface area contributed by atoms with Gasteiger partial charge in [0.05, 0.1) is 6.10 Å². The number of rotatable bonds is 6. The molecule has 1 aliphatic rings. The number of anilines is 1. The zero-order valence-electron chi connectivity index (χ0n) is 13.1. The summed E-state index contributed by atoms with van der Waals surface area (Å²) >= 11 is 0. The van der Waals surface area contributed by atoms with Gasteiger partial charge in [0.2, 0.25) is 0 Å². The van der Waals surface area contributed by atoms with Crippen LogP contribution in [0, 0.1) is 5.92 Å². The molecule has 3 nitrogen and oxygen atoms in total. The van der Waals surface area contributed by atoms with Gasteiger partial charge < -0.3 is 15.0 Å². The van der Waals surface area contributed by atoms with Crippen molar-refractivity contribution in [3.63, 3.8) is 0 Å². The van der Waals surface area contributed by atoms with Gasteiger partial charge in [-0.1, -0.05) is 32.0 Å². The molecule has 112 valence electrons. The summed E-state index contributed by atoms with van der Waals surface area (Å²) in [5.74, 6) is 0.654. The first-order valence-corrected chi connectivity index (χ1v) is 7.82. The number of para-hydroxylation sites is 1. The molecule has 1 aromatic rings. The highest BCUT2D eigenvalue weighted by atomic mass is 16.5. The van der Waals surface area contributed by atoms with Crippen LogP contribution in [0.5, 0.6) is 0 Å². The van der Waals surface area contributed by atoms with E-state index in [1.54, 1.807) is 0 Å². The minimum absolute atomic E-state index is 0.348. The van der Waals surface area contributed by atoms with Crippen molar-refractivity contribution < 1.29 is 4.74 Å². The van der Waals surface area contributed by atoms with Gasteiger partial charge in [0.15, 0.2) is 0 Å². The molecule has 1 aliphatic heterocycles. The Morgan fingerprint density at radius 1 is 1.35 bits per heavy atom. The molecule has 2 atom stereocenters. The van der Waals surface area contributed by atoms with Crippen LogP contribution in [-0.2, 0) is 11.3 Å². The first-order chi connectivity index (χ1) is 9.76. The fourth-order valence-corrected chi connectivity index (χ4v) is 2.93. The summed E-state index contributed by atoms with van der Waals surface area (Å²) < 4.78 is 5.64. The fraction of sp³-hybridized carbons (Fsp3) is 0.647. The molecule has 2 rings (SSSR count). The van der Waals surface area contributed by atoms with E-state index in [0.29, 0.717) is 12.0 Å². The molecule has 1 N–H and O–H groups in total. The van der Waals surface area contributed by atoms with E-state index >= 15 is 0 Å². The number of methoxy groups -OCH3 is 1. The van der Waals surface area contributed by atoms with Crippen LogP contribution in [-0.4, -0.2) is 32.8 Å². The van der Waals surface area contributed by atoms with Gasteiger partial charge in [-0.05, 0) is 36.9 Å². The molecular formula is C17H28N2O. The summed E-state index contributed by atoms with van der Waals surface area (Å²) in [4.78, 5) is 2.48. The number of nitrogens with one attached hydrogen (secondary N) is 1. The van der Waals surface area contributed by atoms with Crippen LogP contribution in [0.25, 0.3) is 0 Å². The van der Waals surface area contributed by atoms with Gasteiger partial charge in [0, 0.05) is 32.4 Å². The van der Waals surface area contributed by atoms with Gasteiger partial charge in [-0.15, -0.1) is 0 Å². The maximum Gasteiger partial charge on any atom is 0.0772 e. The molecule has 1 saturated heterocycles. The topological polar surface area (TPSA) is 24.5 Å². The molecule has 1 fully saturated rings. The van der Waals surface area contributed by atoms with Crippen molar-refractivity contribution in [1.82, 2.24) is 5.32 Å². The summed E-state index contributed by atoms with van der Waals surface area (Å²) in [6.07, 6.45) is 2.73. The largest absolute Gasteiger partial charge is 0.379 e. The molecule has 0 aliphatic carbocycles. The van der Waals surface area contributed by atoms with Crippen molar-refractivity contribution in [3.05, 3.63) is 29.8 Å². The number of benzene rings is 1. The molecular weight excluding hydrogens is 248 g/mol. The van der Waals surface area contributed by atoms with Crippen molar-refractivity contribution in [2.24, 2.45) is 5.92 Å².